The first kappa shape index (κ1) is 17.3. The Morgan fingerprint density at radius 1 is 1.29 bits per heavy atom. The summed E-state index contributed by atoms with van der Waals surface area (Å²) < 4.78 is 0.988. The summed E-state index contributed by atoms with van der Waals surface area (Å²) in [5, 5.41) is 11.3. The van der Waals surface area contributed by atoms with E-state index in [1.165, 1.54) is 44.9 Å². The third kappa shape index (κ3) is 5.26. The second kappa shape index (κ2) is 8.55. The first-order valence-electron chi connectivity index (χ1n) is 8.22. The van der Waals surface area contributed by atoms with Crippen LogP contribution in [0.15, 0.2) is 22.7 Å². The van der Waals surface area contributed by atoms with Crippen molar-refractivity contribution in [3.63, 3.8) is 0 Å². The summed E-state index contributed by atoms with van der Waals surface area (Å²) in [5.41, 5.74) is 1.06. The molecule has 118 valence electrons. The topological polar surface area (TPSA) is 20.2 Å². The number of benzene rings is 1. The maximum absolute atomic E-state index is 10.5. The molecule has 0 radical (unpaired) electrons. The van der Waals surface area contributed by atoms with Crippen LogP contribution in [0, 0.1) is 11.8 Å². The molecule has 1 saturated carbocycles. The fourth-order valence-corrected chi connectivity index (χ4v) is 4.18. The predicted molar refractivity (Wildman–Crippen MR) is 93.8 cm³/mol. The molecule has 1 fully saturated rings. The quantitative estimate of drug-likeness (QED) is 0.648. The molecule has 0 heterocycles. The molecule has 0 saturated heterocycles. The predicted octanol–water partition coefficient (Wildman–Crippen LogP) is 6.00. The zero-order valence-corrected chi connectivity index (χ0v) is 15.2. The van der Waals surface area contributed by atoms with E-state index in [1.807, 2.05) is 18.2 Å². The van der Waals surface area contributed by atoms with Gasteiger partial charge in [0.1, 0.15) is 0 Å². The lowest BCUT2D eigenvalue weighted by Gasteiger charge is -2.31. The largest absolute Gasteiger partial charge is 0.392 e. The van der Waals surface area contributed by atoms with Crippen molar-refractivity contribution in [3.8, 4) is 0 Å². The molecule has 1 nitrogen and oxygen atoms in total. The van der Waals surface area contributed by atoms with Crippen molar-refractivity contribution in [2.24, 2.45) is 11.8 Å². The van der Waals surface area contributed by atoms with Crippen LogP contribution in [0.5, 0.6) is 0 Å². The van der Waals surface area contributed by atoms with Crippen molar-refractivity contribution in [2.45, 2.75) is 64.4 Å². The van der Waals surface area contributed by atoms with Crippen LogP contribution in [0.1, 0.15) is 57.4 Å². The average Bonchev–Trinajstić information content (AvgIpc) is 2.48. The Hall–Kier alpha value is -0.0500. The van der Waals surface area contributed by atoms with Gasteiger partial charge in [-0.3, -0.25) is 0 Å². The minimum absolute atomic E-state index is 0.254. The Kier molecular flexibility index (Phi) is 7.04. The van der Waals surface area contributed by atoms with E-state index in [0.29, 0.717) is 12.3 Å². The van der Waals surface area contributed by atoms with Gasteiger partial charge in [-0.1, -0.05) is 72.6 Å². The molecule has 0 aromatic heterocycles. The Morgan fingerprint density at radius 2 is 2.00 bits per heavy atom. The van der Waals surface area contributed by atoms with E-state index in [9.17, 15) is 5.11 Å². The van der Waals surface area contributed by atoms with Crippen molar-refractivity contribution >= 4 is 27.5 Å². The zero-order chi connectivity index (χ0) is 15.2. The van der Waals surface area contributed by atoms with Gasteiger partial charge in [0.25, 0.3) is 0 Å². The normalized spacial score (nSPS) is 24.0. The van der Waals surface area contributed by atoms with Crippen molar-refractivity contribution in [2.75, 3.05) is 0 Å². The third-order valence-corrected chi connectivity index (χ3v) is 5.69. The van der Waals surface area contributed by atoms with Gasteiger partial charge in [-0.25, -0.2) is 0 Å². The van der Waals surface area contributed by atoms with Gasteiger partial charge in [0.15, 0.2) is 0 Å². The number of unbranched alkanes of at least 4 members (excludes halogenated alkanes) is 1. The highest BCUT2D eigenvalue weighted by atomic mass is 79.9. The lowest BCUT2D eigenvalue weighted by atomic mass is 9.76. The molecule has 2 rings (SSSR count). The van der Waals surface area contributed by atoms with Crippen molar-refractivity contribution < 1.29 is 5.11 Å². The van der Waals surface area contributed by atoms with Crippen LogP contribution in [-0.4, -0.2) is 11.2 Å². The molecule has 1 N–H and O–H groups in total. The minimum atomic E-state index is -0.254. The molecule has 0 aliphatic heterocycles. The summed E-state index contributed by atoms with van der Waals surface area (Å²) in [5.74, 6) is 1.34. The van der Waals surface area contributed by atoms with E-state index in [0.717, 1.165) is 21.0 Å². The monoisotopic (exact) mass is 372 g/mol. The number of rotatable bonds is 6. The van der Waals surface area contributed by atoms with E-state index in [4.69, 9.17) is 11.6 Å². The average molecular weight is 374 g/mol. The summed E-state index contributed by atoms with van der Waals surface area (Å²) in [6.07, 6.45) is 9.36. The molecule has 0 bridgehead atoms. The zero-order valence-electron chi connectivity index (χ0n) is 12.8. The summed E-state index contributed by atoms with van der Waals surface area (Å²) >= 11 is 9.67. The molecule has 1 aromatic carbocycles. The Labute approximate surface area is 142 Å². The van der Waals surface area contributed by atoms with Gasteiger partial charge in [-0.05, 0) is 42.4 Å². The van der Waals surface area contributed by atoms with E-state index in [1.54, 1.807) is 0 Å². The summed E-state index contributed by atoms with van der Waals surface area (Å²) in [6, 6.07) is 5.92. The van der Waals surface area contributed by atoms with Crippen LogP contribution in [0.25, 0.3) is 0 Å². The van der Waals surface area contributed by atoms with Gasteiger partial charge in [-0.2, -0.15) is 0 Å². The fraction of sp³-hybridized carbons (Fsp3) is 0.667. The Balaban J connectivity index is 1.83. The Morgan fingerprint density at radius 3 is 2.62 bits per heavy atom. The molecule has 3 heteroatoms. The van der Waals surface area contributed by atoms with E-state index < -0.39 is 0 Å². The van der Waals surface area contributed by atoms with Crippen LogP contribution < -0.4 is 0 Å². The molecular weight excluding hydrogens is 348 g/mol. The smallest absolute Gasteiger partial charge is 0.0609 e. The molecule has 1 aliphatic carbocycles. The fourth-order valence-electron chi connectivity index (χ4n) is 3.43. The first-order chi connectivity index (χ1) is 10.1. The van der Waals surface area contributed by atoms with Gasteiger partial charge >= 0.3 is 0 Å². The number of hydrogen-bond acceptors (Lipinski definition) is 1. The maximum Gasteiger partial charge on any atom is 0.0609 e. The van der Waals surface area contributed by atoms with Gasteiger partial charge in [0, 0.05) is 15.9 Å². The SMILES string of the molecule is CCCCC1CCC(C(O)Cc2ccc(Br)cc2Cl)CC1. The molecule has 0 amide bonds. The molecule has 0 spiro atoms. The van der Waals surface area contributed by atoms with E-state index >= 15 is 0 Å². The number of aliphatic hydroxyl groups excluding tert-OH is 1. The number of aliphatic hydroxyl groups is 1. The van der Waals surface area contributed by atoms with E-state index in [-0.39, 0.29) is 6.10 Å². The van der Waals surface area contributed by atoms with Gasteiger partial charge in [-0.15, -0.1) is 0 Å². The molecule has 1 aromatic rings. The van der Waals surface area contributed by atoms with Crippen LogP contribution in [0.2, 0.25) is 5.02 Å². The van der Waals surface area contributed by atoms with Gasteiger partial charge in [0.05, 0.1) is 6.10 Å². The molecule has 1 unspecified atom stereocenters. The lowest BCUT2D eigenvalue weighted by molar-refractivity contribution is 0.0726. The highest BCUT2D eigenvalue weighted by molar-refractivity contribution is 9.10. The second-order valence-corrected chi connectivity index (χ2v) is 7.75. The summed E-state index contributed by atoms with van der Waals surface area (Å²) in [6.45, 7) is 2.26. The third-order valence-electron chi connectivity index (χ3n) is 4.85. The molecule has 1 atom stereocenters. The lowest BCUT2D eigenvalue weighted by Crippen LogP contribution is -2.27. The standard InChI is InChI=1S/C18H26BrClO/c1-2-3-4-13-5-7-14(8-6-13)18(21)11-15-9-10-16(19)12-17(15)20/h9-10,12-14,18,21H,2-8,11H2,1H3. The highest BCUT2D eigenvalue weighted by Crippen LogP contribution is 2.35. The highest BCUT2D eigenvalue weighted by Gasteiger charge is 2.26. The molecule has 21 heavy (non-hydrogen) atoms. The maximum atomic E-state index is 10.5. The van der Waals surface area contributed by atoms with Gasteiger partial charge < -0.3 is 5.11 Å². The summed E-state index contributed by atoms with van der Waals surface area (Å²) in [7, 11) is 0. The van der Waals surface area contributed by atoms with Gasteiger partial charge in [0.2, 0.25) is 0 Å². The van der Waals surface area contributed by atoms with Crippen LogP contribution in [-0.2, 0) is 6.42 Å². The minimum Gasteiger partial charge on any atom is -0.392 e. The van der Waals surface area contributed by atoms with Crippen LogP contribution in [0.4, 0.5) is 0 Å². The number of hydrogen-bond donors (Lipinski definition) is 1. The van der Waals surface area contributed by atoms with Crippen molar-refractivity contribution in [1.82, 2.24) is 0 Å². The molecule has 1 aliphatic rings. The van der Waals surface area contributed by atoms with Crippen LogP contribution in [0.3, 0.4) is 0 Å². The first-order valence-corrected chi connectivity index (χ1v) is 9.39. The van der Waals surface area contributed by atoms with Crippen LogP contribution >= 0.6 is 27.5 Å². The Bertz CT molecular complexity index is 441. The van der Waals surface area contributed by atoms with E-state index in [2.05, 4.69) is 22.9 Å². The van der Waals surface area contributed by atoms with Crippen molar-refractivity contribution in [3.05, 3.63) is 33.3 Å². The second-order valence-electron chi connectivity index (χ2n) is 6.43. The molecular formula is C18H26BrClO. The number of halogens is 2. The summed E-state index contributed by atoms with van der Waals surface area (Å²) in [4.78, 5) is 0. The van der Waals surface area contributed by atoms with Crippen molar-refractivity contribution in [1.29, 1.82) is 0 Å².